The second kappa shape index (κ2) is 17.4. The van der Waals surface area contributed by atoms with E-state index in [0.717, 1.165) is 56.1 Å². The Morgan fingerprint density at radius 1 is 0.500 bits per heavy atom. The molecule has 0 unspecified atom stereocenters. The Bertz CT molecular complexity index is 3180. The molecule has 0 spiro atoms. The molecule has 0 saturated carbocycles. The number of rotatable bonds is 6. The number of pyridine rings is 1. The first-order valence-corrected chi connectivity index (χ1v) is 23.9. The van der Waals surface area contributed by atoms with E-state index in [-0.39, 0.29) is 48.1 Å². The Hall–Kier alpha value is -5.64. The first kappa shape index (κ1) is 48.8. The zero-order valence-corrected chi connectivity index (χ0v) is 45.0. The van der Waals surface area contributed by atoms with Gasteiger partial charge in [0, 0.05) is 61.3 Å². The van der Waals surface area contributed by atoms with Gasteiger partial charge in [0.25, 0.3) is 0 Å². The van der Waals surface area contributed by atoms with E-state index in [1.165, 1.54) is 33.2 Å². The molecule has 354 valence electrons. The molecule has 0 radical (unpaired) electrons. The molecule has 68 heavy (non-hydrogen) atoms. The van der Waals surface area contributed by atoms with Crippen LogP contribution in [0.1, 0.15) is 132 Å². The minimum absolute atomic E-state index is 0. The van der Waals surface area contributed by atoms with Crippen LogP contribution in [0.4, 0.5) is 22.7 Å². The predicted molar refractivity (Wildman–Crippen MR) is 283 cm³/mol. The standard InChI is InChI=1S/C62H67N4O.Pt/c1-58(2,3)41-19-18-20-45(33-41)64-39-65(56-35-43(60(7,8)9)24-28-54(56)64)46-31-40(49-21-16-17-22-52(49)62(13,14)15)32-48(37-46)67-47-25-26-50-51-34-42(59(4,5)6)23-27-53(51)66(55(50)38-47)57-36-44(29-30-63-57)61(10,11)12;/h16-36,39H,1-15H3;/q-3;. The molecule has 9 rings (SSSR count). The minimum atomic E-state index is -0.0996. The zero-order valence-electron chi connectivity index (χ0n) is 42.7. The number of aromatic nitrogens is 2. The fraction of sp³-hybridized carbons (Fsp3) is 0.323. The molecule has 0 saturated heterocycles. The fourth-order valence-electron chi connectivity index (χ4n) is 9.22. The normalized spacial score (nSPS) is 13.6. The number of benzene rings is 6. The SMILES string of the molecule is CC(C)(C)c1cccc(N2[CH-]N(c3[c-]c(Oc4[c-]c5c(cc4)c4cc(C(C)(C)C)ccc4n5-c4cc(C(C)(C)C)ccn4)cc(-c4ccccc4C(C)(C)C)c3)c3cc(C(C)(C)C)ccc32)c1.[Pt]. The van der Waals surface area contributed by atoms with Gasteiger partial charge in [-0.15, -0.1) is 53.6 Å². The summed E-state index contributed by atoms with van der Waals surface area (Å²) in [6, 6.07) is 51.9. The van der Waals surface area contributed by atoms with Gasteiger partial charge in [-0.1, -0.05) is 164 Å². The molecule has 6 aromatic carbocycles. The van der Waals surface area contributed by atoms with Crippen LogP contribution in [0.25, 0.3) is 38.8 Å². The van der Waals surface area contributed by atoms with Crippen molar-refractivity contribution >= 4 is 44.6 Å². The summed E-state index contributed by atoms with van der Waals surface area (Å²) in [5.41, 5.74) is 14.5. The minimum Gasteiger partial charge on any atom is -0.509 e. The van der Waals surface area contributed by atoms with E-state index in [0.29, 0.717) is 11.5 Å². The van der Waals surface area contributed by atoms with Crippen LogP contribution in [0.15, 0.2) is 128 Å². The Balaban J connectivity index is 0.00000625. The van der Waals surface area contributed by atoms with Crippen LogP contribution in [-0.4, -0.2) is 9.55 Å². The van der Waals surface area contributed by atoms with Gasteiger partial charge in [-0.3, -0.25) is 0 Å². The molecule has 0 N–H and O–H groups in total. The quantitative estimate of drug-likeness (QED) is 0.155. The van der Waals surface area contributed by atoms with Crippen molar-refractivity contribution < 1.29 is 25.8 Å². The van der Waals surface area contributed by atoms with Gasteiger partial charge < -0.3 is 19.1 Å². The Kier molecular flexibility index (Phi) is 12.5. The van der Waals surface area contributed by atoms with Gasteiger partial charge in [-0.25, -0.2) is 4.98 Å². The zero-order chi connectivity index (χ0) is 48.0. The third-order valence-electron chi connectivity index (χ3n) is 13.3. The molecule has 1 aliphatic heterocycles. The predicted octanol–water partition coefficient (Wildman–Crippen LogP) is 17.1. The Morgan fingerprint density at radius 2 is 1.15 bits per heavy atom. The second-order valence-corrected chi connectivity index (χ2v) is 23.7. The molecule has 5 nitrogen and oxygen atoms in total. The monoisotopic (exact) mass is 1080 g/mol. The Morgan fingerprint density at radius 3 is 1.84 bits per heavy atom. The summed E-state index contributed by atoms with van der Waals surface area (Å²) < 4.78 is 9.30. The summed E-state index contributed by atoms with van der Waals surface area (Å²) in [6.07, 6.45) is 1.93. The second-order valence-electron chi connectivity index (χ2n) is 23.7. The van der Waals surface area contributed by atoms with Crippen molar-refractivity contribution in [1.29, 1.82) is 0 Å². The van der Waals surface area contributed by atoms with E-state index in [2.05, 4.69) is 258 Å². The van der Waals surface area contributed by atoms with E-state index in [9.17, 15) is 0 Å². The molecule has 0 fully saturated rings. The van der Waals surface area contributed by atoms with Gasteiger partial charge in [0.05, 0.1) is 0 Å². The van der Waals surface area contributed by atoms with Crippen LogP contribution in [-0.2, 0) is 48.1 Å². The van der Waals surface area contributed by atoms with E-state index in [1.54, 1.807) is 0 Å². The number of nitrogens with zero attached hydrogens (tertiary/aromatic N) is 4. The molecule has 0 atom stereocenters. The van der Waals surface area contributed by atoms with Crippen molar-refractivity contribution in [2.45, 2.75) is 131 Å². The van der Waals surface area contributed by atoms with Gasteiger partial charge >= 0.3 is 0 Å². The average molecular weight is 1080 g/mol. The van der Waals surface area contributed by atoms with Crippen LogP contribution in [0.2, 0.25) is 0 Å². The molecular weight excluding hydrogens is 1010 g/mol. The summed E-state index contributed by atoms with van der Waals surface area (Å²) in [7, 11) is 0. The van der Waals surface area contributed by atoms with Crippen LogP contribution >= 0.6 is 0 Å². The maximum Gasteiger partial charge on any atom is 0.135 e. The van der Waals surface area contributed by atoms with Crippen molar-refractivity contribution in [2.24, 2.45) is 0 Å². The molecule has 6 heteroatoms. The van der Waals surface area contributed by atoms with Gasteiger partial charge in [-0.05, 0) is 108 Å². The van der Waals surface area contributed by atoms with E-state index >= 15 is 0 Å². The van der Waals surface area contributed by atoms with Crippen molar-refractivity contribution in [3.05, 3.63) is 174 Å². The number of hydrogen-bond acceptors (Lipinski definition) is 4. The average Bonchev–Trinajstić information content (AvgIpc) is 3.80. The molecule has 0 bridgehead atoms. The number of hydrogen-bond donors (Lipinski definition) is 0. The summed E-state index contributed by atoms with van der Waals surface area (Å²) in [5.74, 6) is 2.06. The maximum atomic E-state index is 7.05. The largest absolute Gasteiger partial charge is 0.509 e. The molecule has 2 aromatic heterocycles. The molecule has 0 aliphatic carbocycles. The third kappa shape index (κ3) is 9.41. The summed E-state index contributed by atoms with van der Waals surface area (Å²) in [4.78, 5) is 9.58. The van der Waals surface area contributed by atoms with Crippen molar-refractivity contribution in [1.82, 2.24) is 9.55 Å². The third-order valence-corrected chi connectivity index (χ3v) is 13.3. The van der Waals surface area contributed by atoms with E-state index < -0.39 is 0 Å². The van der Waals surface area contributed by atoms with Gasteiger partial charge in [0.2, 0.25) is 0 Å². The van der Waals surface area contributed by atoms with E-state index in [1.807, 2.05) is 6.20 Å². The maximum absolute atomic E-state index is 7.05. The Labute approximate surface area is 420 Å². The summed E-state index contributed by atoms with van der Waals surface area (Å²) >= 11 is 0. The number of anilines is 4. The van der Waals surface area contributed by atoms with Gasteiger partial charge in [0.1, 0.15) is 5.82 Å². The van der Waals surface area contributed by atoms with Crippen LogP contribution in [0.5, 0.6) is 11.5 Å². The fourth-order valence-corrected chi connectivity index (χ4v) is 9.22. The first-order chi connectivity index (χ1) is 31.3. The van der Waals surface area contributed by atoms with Crippen LogP contribution in [0.3, 0.4) is 0 Å². The summed E-state index contributed by atoms with van der Waals surface area (Å²) in [5, 5.41) is 2.26. The molecule has 3 heterocycles. The topological polar surface area (TPSA) is 33.5 Å². The van der Waals surface area contributed by atoms with Crippen LogP contribution < -0.4 is 14.5 Å². The number of fused-ring (bicyclic) bond motifs is 4. The number of ether oxygens (including phenoxy) is 1. The molecule has 0 amide bonds. The van der Waals surface area contributed by atoms with Crippen molar-refractivity contribution in [2.75, 3.05) is 9.80 Å². The first-order valence-electron chi connectivity index (χ1n) is 23.9. The molecule has 1 aliphatic rings. The van der Waals surface area contributed by atoms with Gasteiger partial charge in [0.15, 0.2) is 0 Å². The van der Waals surface area contributed by atoms with Crippen molar-refractivity contribution in [3.63, 3.8) is 0 Å². The molecule has 8 aromatic rings. The van der Waals surface area contributed by atoms with E-state index in [4.69, 9.17) is 9.72 Å². The molecular formula is C62H67N4OPt-3. The van der Waals surface area contributed by atoms with Gasteiger partial charge in [-0.2, -0.15) is 6.07 Å². The van der Waals surface area contributed by atoms with Crippen LogP contribution in [0, 0.1) is 18.8 Å². The summed E-state index contributed by atoms with van der Waals surface area (Å²) in [6.45, 7) is 36.2. The van der Waals surface area contributed by atoms with Crippen molar-refractivity contribution in [3.8, 4) is 28.4 Å². The smallest absolute Gasteiger partial charge is 0.135 e.